The Hall–Kier alpha value is -4.08. The van der Waals surface area contributed by atoms with E-state index in [1.807, 2.05) is 0 Å². The van der Waals surface area contributed by atoms with Crippen LogP contribution in [-0.2, 0) is 21.4 Å². The van der Waals surface area contributed by atoms with Crippen LogP contribution in [0.4, 0.5) is 43.9 Å². The van der Waals surface area contributed by atoms with Crippen molar-refractivity contribution >= 4 is 39.9 Å². The van der Waals surface area contributed by atoms with Crippen LogP contribution in [0.1, 0.15) is 33.5 Å². The van der Waals surface area contributed by atoms with Crippen molar-refractivity contribution in [1.82, 2.24) is 10.6 Å². The lowest BCUT2D eigenvalue weighted by Crippen LogP contribution is -2.43. The van der Waals surface area contributed by atoms with Gasteiger partial charge in [-0.3, -0.25) is 9.59 Å². The van der Waals surface area contributed by atoms with Crippen LogP contribution in [0.15, 0.2) is 53.7 Å². The monoisotopic (exact) mass is 643 g/mol. The van der Waals surface area contributed by atoms with Crippen LogP contribution < -0.4 is 10.6 Å². The highest BCUT2D eigenvalue weighted by atomic mass is 35.5. The van der Waals surface area contributed by atoms with Crippen molar-refractivity contribution in [2.75, 3.05) is 6.54 Å². The molecule has 6 nitrogen and oxygen atoms in total. The fourth-order valence-corrected chi connectivity index (χ4v) is 4.57. The maximum Gasteiger partial charge on any atom is 0.435 e. The number of rotatable bonds is 7. The van der Waals surface area contributed by atoms with Crippen LogP contribution in [0.3, 0.4) is 0 Å². The van der Waals surface area contributed by atoms with Crippen LogP contribution >= 0.6 is 11.6 Å². The molecule has 0 aromatic heterocycles. The predicted octanol–water partition coefficient (Wildman–Crippen LogP) is 6.64. The Bertz CT molecular complexity index is 1610. The summed E-state index contributed by atoms with van der Waals surface area (Å²) >= 11 is 5.53. The first-order valence-electron chi connectivity index (χ1n) is 11.9. The zero-order valence-corrected chi connectivity index (χ0v) is 21.8. The minimum atomic E-state index is -5.49. The van der Waals surface area contributed by atoms with Gasteiger partial charge in [0.25, 0.3) is 17.9 Å². The highest BCUT2D eigenvalue weighted by molar-refractivity contribution is 6.31. The average Bonchev–Trinajstić information content (AvgIpc) is 3.38. The molecular formula is C26H16ClF10N3O3. The van der Waals surface area contributed by atoms with Crippen molar-refractivity contribution in [3.63, 3.8) is 0 Å². The second-order valence-corrected chi connectivity index (χ2v) is 9.55. The summed E-state index contributed by atoms with van der Waals surface area (Å²) in [6, 6.07) is 7.93. The van der Waals surface area contributed by atoms with Gasteiger partial charge < -0.3 is 15.5 Å². The lowest BCUT2D eigenvalue weighted by atomic mass is 9.84. The number of oxime groups is 1. The minimum absolute atomic E-state index is 0.0543. The normalized spacial score (nSPS) is 17.9. The molecular weight excluding hydrogens is 628 g/mol. The van der Waals surface area contributed by atoms with Crippen molar-refractivity contribution in [3.05, 3.63) is 81.6 Å². The highest BCUT2D eigenvalue weighted by Gasteiger charge is 2.64. The molecule has 0 spiro atoms. The lowest BCUT2D eigenvalue weighted by molar-refractivity contribution is -0.276. The molecule has 1 unspecified atom stereocenters. The van der Waals surface area contributed by atoms with Gasteiger partial charge in [-0.15, -0.1) is 0 Å². The topological polar surface area (TPSA) is 79.8 Å². The Morgan fingerprint density at radius 2 is 1.65 bits per heavy atom. The van der Waals surface area contributed by atoms with E-state index in [9.17, 15) is 53.5 Å². The van der Waals surface area contributed by atoms with Gasteiger partial charge in [0.1, 0.15) is 5.82 Å². The number of carbonyl (C=O) groups is 2. The number of amides is 2. The number of halogens is 11. The van der Waals surface area contributed by atoms with Crippen molar-refractivity contribution in [2.45, 2.75) is 37.1 Å². The third-order valence-corrected chi connectivity index (χ3v) is 6.66. The number of hydrogen-bond acceptors (Lipinski definition) is 4. The Balaban J connectivity index is 1.69. The maximum absolute atomic E-state index is 14.9. The smallest absolute Gasteiger partial charge is 0.374 e. The molecule has 0 bridgehead atoms. The average molecular weight is 644 g/mol. The third-order valence-electron chi connectivity index (χ3n) is 6.39. The van der Waals surface area contributed by atoms with E-state index in [4.69, 9.17) is 16.4 Å². The van der Waals surface area contributed by atoms with Gasteiger partial charge in [0.15, 0.2) is 0 Å². The fourth-order valence-electron chi connectivity index (χ4n) is 4.35. The molecule has 0 fully saturated rings. The number of benzene rings is 3. The van der Waals surface area contributed by atoms with Gasteiger partial charge in [-0.1, -0.05) is 47.1 Å². The molecule has 4 rings (SSSR count). The molecule has 230 valence electrons. The molecule has 0 saturated carbocycles. The molecule has 0 radical (unpaired) electrons. The van der Waals surface area contributed by atoms with E-state index in [-0.39, 0.29) is 34.0 Å². The summed E-state index contributed by atoms with van der Waals surface area (Å²) in [6.07, 6.45) is -18.4. The van der Waals surface area contributed by atoms with Gasteiger partial charge in [-0.05, 0) is 29.0 Å². The molecule has 2 amide bonds. The first-order chi connectivity index (χ1) is 20.0. The van der Waals surface area contributed by atoms with Gasteiger partial charge >= 0.3 is 12.4 Å². The lowest BCUT2D eigenvalue weighted by Gasteiger charge is -2.30. The highest BCUT2D eigenvalue weighted by Crippen LogP contribution is 2.51. The first kappa shape index (κ1) is 31.8. The van der Waals surface area contributed by atoms with Crippen molar-refractivity contribution in [1.29, 1.82) is 0 Å². The summed E-state index contributed by atoms with van der Waals surface area (Å²) in [5, 5.41) is 5.84. The minimum Gasteiger partial charge on any atom is -0.374 e. The summed E-state index contributed by atoms with van der Waals surface area (Å²) in [6.45, 7) is -0.901. The molecule has 43 heavy (non-hydrogen) atoms. The molecule has 0 saturated heterocycles. The third kappa shape index (κ3) is 6.19. The Labute approximate surface area is 239 Å². The SMILES string of the molecule is O=C(CNC(=O)c1ccc(C2=NO[C@@](c3cc(C(F)(F)F)cc(Cl)c3F)(C(F)(F)F)C2)c2ccccc12)NC(F)C(F)F. The predicted molar refractivity (Wildman–Crippen MR) is 132 cm³/mol. The first-order valence-corrected chi connectivity index (χ1v) is 12.2. The van der Waals surface area contributed by atoms with Crippen molar-refractivity contribution in [3.8, 4) is 0 Å². The number of hydrogen-bond donors (Lipinski definition) is 2. The van der Waals surface area contributed by atoms with Gasteiger partial charge in [0.2, 0.25) is 12.2 Å². The van der Waals surface area contributed by atoms with E-state index in [2.05, 4.69) is 10.5 Å². The van der Waals surface area contributed by atoms with E-state index < -0.39 is 83.1 Å². The van der Waals surface area contributed by atoms with E-state index in [0.29, 0.717) is 0 Å². The Kier molecular flexibility index (Phi) is 8.55. The molecule has 2 N–H and O–H groups in total. The summed E-state index contributed by atoms with van der Waals surface area (Å²) in [5.74, 6) is -4.01. The molecule has 2 atom stereocenters. The zero-order valence-electron chi connectivity index (χ0n) is 21.0. The summed E-state index contributed by atoms with van der Waals surface area (Å²) < 4.78 is 136. The molecule has 17 heteroatoms. The van der Waals surface area contributed by atoms with Crippen LogP contribution in [0.5, 0.6) is 0 Å². The van der Waals surface area contributed by atoms with Crippen molar-refractivity contribution < 1.29 is 58.3 Å². The Morgan fingerprint density at radius 3 is 2.26 bits per heavy atom. The molecule has 1 aliphatic rings. The molecule has 3 aromatic rings. The number of alkyl halides is 9. The number of fused-ring (bicyclic) bond motifs is 1. The van der Waals surface area contributed by atoms with E-state index in [1.165, 1.54) is 29.6 Å². The second-order valence-electron chi connectivity index (χ2n) is 9.14. The van der Waals surface area contributed by atoms with Crippen LogP contribution in [0.2, 0.25) is 5.02 Å². The van der Waals surface area contributed by atoms with Gasteiger partial charge in [-0.25, -0.2) is 17.6 Å². The molecule has 3 aromatic carbocycles. The Morgan fingerprint density at radius 1 is 1.00 bits per heavy atom. The quantitative estimate of drug-likeness (QED) is 0.224. The molecule has 1 aliphatic heterocycles. The van der Waals surface area contributed by atoms with Crippen LogP contribution in [0.25, 0.3) is 10.8 Å². The maximum atomic E-state index is 14.9. The summed E-state index contributed by atoms with van der Waals surface area (Å²) in [7, 11) is 0. The van der Waals surface area contributed by atoms with Crippen molar-refractivity contribution in [2.24, 2.45) is 5.16 Å². The van der Waals surface area contributed by atoms with Crippen LogP contribution in [0, 0.1) is 5.82 Å². The van der Waals surface area contributed by atoms with E-state index in [1.54, 1.807) is 0 Å². The summed E-state index contributed by atoms with van der Waals surface area (Å²) in [4.78, 5) is 29.1. The summed E-state index contributed by atoms with van der Waals surface area (Å²) in [5.41, 5.74) is -7.57. The van der Waals surface area contributed by atoms with E-state index >= 15 is 0 Å². The van der Waals surface area contributed by atoms with Gasteiger partial charge in [-0.2, -0.15) is 26.3 Å². The van der Waals surface area contributed by atoms with Gasteiger partial charge in [0.05, 0.1) is 29.3 Å². The fraction of sp³-hybridized carbons (Fsp3) is 0.269. The number of carbonyl (C=O) groups excluding carboxylic acids is 2. The number of nitrogens with zero attached hydrogens (tertiary/aromatic N) is 1. The largest absolute Gasteiger partial charge is 0.435 e. The number of nitrogens with one attached hydrogen (secondary N) is 2. The van der Waals surface area contributed by atoms with Gasteiger partial charge in [0, 0.05) is 16.7 Å². The zero-order chi connectivity index (χ0) is 31.9. The second kappa shape index (κ2) is 11.5. The van der Waals surface area contributed by atoms with Crippen LogP contribution in [-0.4, -0.2) is 43.0 Å². The van der Waals surface area contributed by atoms with E-state index in [0.717, 1.165) is 12.1 Å². The molecule has 0 aliphatic carbocycles. The standard InChI is InChI=1S/C26H16ClF10N3O3/c27-17-8-11(25(32,33)34)7-16(20(17)28)24(26(35,36)37)9-18(40-43-24)14-5-6-15(13-4-2-1-3-12(13)14)23(42)38-10-19(41)39-22(31)21(29)30/h1-8,21-22H,9-10H2,(H,38,42)(H,39,41)/t22?,24-/m0/s1. The molecule has 1 heterocycles.